The fraction of sp³-hybridized carbons (Fsp3) is 0.839. The van der Waals surface area contributed by atoms with Crippen LogP contribution in [-0.2, 0) is 33.2 Å². The number of carbonyl (C=O) groups excluding carboxylic acids is 1. The van der Waals surface area contributed by atoms with Crippen LogP contribution in [0.5, 0.6) is 0 Å². The van der Waals surface area contributed by atoms with E-state index in [1.54, 1.807) is 6.08 Å². The Labute approximate surface area is 680 Å². The van der Waals surface area contributed by atoms with Crippen LogP contribution in [0.3, 0.4) is 0 Å². The average Bonchev–Trinajstić information content (AvgIpc) is 0.780. The minimum absolute atomic E-state index is 0.244. The van der Waals surface area contributed by atoms with Gasteiger partial charge in [0.15, 0.2) is 18.9 Å². The van der Waals surface area contributed by atoms with Crippen molar-refractivity contribution in [2.75, 3.05) is 26.4 Å². The van der Waals surface area contributed by atoms with Gasteiger partial charge in [0, 0.05) is 6.42 Å². The first-order valence-corrected chi connectivity index (χ1v) is 45.8. The minimum Gasteiger partial charge on any atom is -0.394 e. The van der Waals surface area contributed by atoms with Crippen molar-refractivity contribution in [1.82, 2.24) is 5.32 Å². The number of nitrogens with one attached hydrogen (secondary N) is 1. The number of unbranched alkanes of at least 4 members (excludes halogenated alkanes) is 46. The highest BCUT2D eigenvalue weighted by Crippen LogP contribution is 2.34. The summed E-state index contributed by atoms with van der Waals surface area (Å²) in [5.74, 6) is -0.270. The molecule has 1 amide bonds. The number of aliphatic hydroxyl groups is 11. The second-order valence-corrected chi connectivity index (χ2v) is 32.4. The minimum atomic E-state index is -1.98. The Morgan fingerprint density at radius 2 is 0.616 bits per heavy atom. The van der Waals surface area contributed by atoms with Crippen LogP contribution < -0.4 is 5.32 Å². The standard InChI is InChI=1S/C93H167NO18/c1-3-5-7-9-11-13-15-17-19-21-23-25-27-29-31-33-34-35-36-37-38-39-40-41-42-43-45-47-49-51-53-55-57-59-61-63-65-67-69-71-81(99)94-76(77(98)70-68-66-64-62-60-58-56-54-52-50-48-46-44-32-30-28-26-24-22-20-18-16-14-12-10-8-6-4-2)75-107-91-87(105)84(102)89(79(73-96)109-91)112-93-88(106)85(103)90(80(74-97)110-93)111-92-86(104)83(101)82(100)78(72-95)108-92/h5,7,11,13,17,19,23,25,29,31,34-35,68,70,76-80,82-93,95-98,100-106H,3-4,6,8-10,12,14-16,18,20-22,24,26-28,30,32-33,36-67,69,71-75H2,1-2H3,(H,94,99)/b7-5-,13-11-,19-17-,25-23-,31-29-,35-34-,70-68+. The molecule has 3 rings (SSSR count). The first-order chi connectivity index (χ1) is 54.8. The van der Waals surface area contributed by atoms with E-state index in [1.807, 2.05) is 6.08 Å². The zero-order valence-corrected chi connectivity index (χ0v) is 70.4. The monoisotopic (exact) mass is 1590 g/mol. The molecule has 17 atom stereocenters. The molecule has 3 fully saturated rings. The molecule has 652 valence electrons. The topological polar surface area (TPSA) is 307 Å². The third kappa shape index (κ3) is 50.0. The summed E-state index contributed by atoms with van der Waals surface area (Å²) in [6.07, 6.45) is 71.6. The number of amides is 1. The van der Waals surface area contributed by atoms with Crippen molar-refractivity contribution in [3.8, 4) is 0 Å². The van der Waals surface area contributed by atoms with E-state index in [1.165, 1.54) is 257 Å². The Balaban J connectivity index is 1.31. The molecule has 0 spiro atoms. The Morgan fingerprint density at radius 3 is 0.964 bits per heavy atom. The maximum Gasteiger partial charge on any atom is 0.220 e. The predicted molar refractivity (Wildman–Crippen MR) is 452 cm³/mol. The smallest absolute Gasteiger partial charge is 0.220 e. The molecule has 3 heterocycles. The van der Waals surface area contributed by atoms with Crippen LogP contribution in [0.1, 0.15) is 367 Å². The number of allylic oxidation sites excluding steroid dienone is 13. The molecule has 0 bridgehead atoms. The van der Waals surface area contributed by atoms with Crippen molar-refractivity contribution in [3.05, 3.63) is 85.1 Å². The van der Waals surface area contributed by atoms with Crippen LogP contribution in [0.25, 0.3) is 0 Å². The van der Waals surface area contributed by atoms with Gasteiger partial charge in [-0.3, -0.25) is 4.79 Å². The highest BCUT2D eigenvalue weighted by molar-refractivity contribution is 5.76. The number of aliphatic hydroxyl groups excluding tert-OH is 11. The van der Waals surface area contributed by atoms with Crippen LogP contribution in [0.4, 0.5) is 0 Å². The van der Waals surface area contributed by atoms with Crippen LogP contribution in [0.15, 0.2) is 85.1 Å². The lowest BCUT2D eigenvalue weighted by Gasteiger charge is -2.48. The number of hydrogen-bond acceptors (Lipinski definition) is 18. The predicted octanol–water partition coefficient (Wildman–Crippen LogP) is 17.7. The van der Waals surface area contributed by atoms with E-state index >= 15 is 0 Å². The fourth-order valence-corrected chi connectivity index (χ4v) is 15.2. The molecular formula is C93H167NO18. The van der Waals surface area contributed by atoms with Crippen molar-refractivity contribution in [1.29, 1.82) is 0 Å². The molecular weight excluding hydrogens is 1420 g/mol. The Hall–Kier alpha value is -3.03. The van der Waals surface area contributed by atoms with E-state index in [4.69, 9.17) is 28.4 Å². The van der Waals surface area contributed by atoms with Crippen LogP contribution in [0, 0.1) is 0 Å². The van der Waals surface area contributed by atoms with E-state index in [2.05, 4.69) is 92.1 Å². The van der Waals surface area contributed by atoms with Crippen molar-refractivity contribution < 1.29 is 89.4 Å². The number of rotatable bonds is 74. The second kappa shape index (κ2) is 72.0. The lowest BCUT2D eigenvalue weighted by Crippen LogP contribution is -2.66. The van der Waals surface area contributed by atoms with Gasteiger partial charge < -0.3 is 89.9 Å². The molecule has 19 nitrogen and oxygen atoms in total. The summed E-state index contributed by atoms with van der Waals surface area (Å²) in [6, 6.07) is -0.977. The molecule has 112 heavy (non-hydrogen) atoms. The molecule has 0 radical (unpaired) electrons. The Bertz CT molecular complexity index is 2350. The van der Waals surface area contributed by atoms with Crippen molar-refractivity contribution in [3.63, 3.8) is 0 Å². The van der Waals surface area contributed by atoms with Crippen LogP contribution >= 0.6 is 0 Å². The maximum atomic E-state index is 13.5. The maximum absolute atomic E-state index is 13.5. The fourth-order valence-electron chi connectivity index (χ4n) is 15.2. The first kappa shape index (κ1) is 103. The van der Waals surface area contributed by atoms with Gasteiger partial charge in [0.05, 0.1) is 38.6 Å². The van der Waals surface area contributed by atoms with Crippen molar-refractivity contribution in [2.45, 2.75) is 471 Å². The van der Waals surface area contributed by atoms with E-state index < -0.39 is 124 Å². The molecule has 0 aliphatic carbocycles. The third-order valence-electron chi connectivity index (χ3n) is 22.4. The number of hydrogen-bond donors (Lipinski definition) is 12. The highest BCUT2D eigenvalue weighted by atomic mass is 16.8. The lowest BCUT2D eigenvalue weighted by molar-refractivity contribution is -0.379. The van der Waals surface area contributed by atoms with E-state index in [0.717, 1.165) is 83.5 Å². The normalized spacial score (nSPS) is 25.3. The average molecular weight is 1590 g/mol. The van der Waals surface area contributed by atoms with Gasteiger partial charge in [-0.15, -0.1) is 0 Å². The SMILES string of the molecule is CC/C=C\C/C=C\C/C=C\C/C=C\C/C=C\C/C=C\CCCCCCCCCCCCCCCCCCCCCCC(=O)NC(COC1OC(CO)C(OC2OC(CO)C(OC3OC(CO)C(O)C(O)C3O)C(O)C2O)C(O)C1O)C(O)/C=C/CCCCCCCCCCCCCCCCCCCCCCCCCCCC. The van der Waals surface area contributed by atoms with Gasteiger partial charge in [0.2, 0.25) is 5.91 Å². The quantitative estimate of drug-likeness (QED) is 0.0199. The molecule has 0 aromatic carbocycles. The first-order valence-electron chi connectivity index (χ1n) is 45.8. The van der Waals surface area contributed by atoms with E-state index in [9.17, 15) is 61.0 Å². The summed E-state index contributed by atoms with van der Waals surface area (Å²) in [4.78, 5) is 13.5. The van der Waals surface area contributed by atoms with Gasteiger partial charge in [-0.2, -0.15) is 0 Å². The summed E-state index contributed by atoms with van der Waals surface area (Å²) in [7, 11) is 0. The van der Waals surface area contributed by atoms with Crippen LogP contribution in [-0.4, -0.2) is 193 Å². The molecule has 17 unspecified atom stereocenters. The van der Waals surface area contributed by atoms with Gasteiger partial charge in [-0.05, 0) is 70.6 Å². The summed E-state index contributed by atoms with van der Waals surface area (Å²) in [5.41, 5.74) is 0. The zero-order chi connectivity index (χ0) is 81.0. The van der Waals surface area contributed by atoms with Crippen molar-refractivity contribution in [2.24, 2.45) is 0 Å². The van der Waals surface area contributed by atoms with Crippen LogP contribution in [0.2, 0.25) is 0 Å². The summed E-state index contributed by atoms with van der Waals surface area (Å²) in [6.45, 7) is 1.68. The van der Waals surface area contributed by atoms with Gasteiger partial charge in [-0.25, -0.2) is 0 Å². The van der Waals surface area contributed by atoms with Gasteiger partial charge in [0.25, 0.3) is 0 Å². The highest BCUT2D eigenvalue weighted by Gasteiger charge is 2.54. The lowest BCUT2D eigenvalue weighted by atomic mass is 9.96. The molecule has 0 saturated carbocycles. The van der Waals surface area contributed by atoms with Gasteiger partial charge in [-0.1, -0.05) is 375 Å². The molecule has 12 N–H and O–H groups in total. The molecule has 19 heteroatoms. The zero-order valence-electron chi connectivity index (χ0n) is 70.4. The van der Waals surface area contributed by atoms with Gasteiger partial charge in [0.1, 0.15) is 73.2 Å². The summed E-state index contributed by atoms with van der Waals surface area (Å²) < 4.78 is 34.5. The Morgan fingerprint density at radius 1 is 0.330 bits per heavy atom. The molecule has 3 aliphatic heterocycles. The van der Waals surface area contributed by atoms with E-state index in [0.29, 0.717) is 6.42 Å². The number of carbonyl (C=O) groups is 1. The third-order valence-corrected chi connectivity index (χ3v) is 22.4. The number of ether oxygens (including phenoxy) is 6. The molecule has 0 aromatic rings. The molecule has 0 aromatic heterocycles. The van der Waals surface area contributed by atoms with E-state index in [-0.39, 0.29) is 18.9 Å². The largest absolute Gasteiger partial charge is 0.394 e. The molecule has 3 aliphatic rings. The van der Waals surface area contributed by atoms with Gasteiger partial charge >= 0.3 is 0 Å². The van der Waals surface area contributed by atoms with Crippen molar-refractivity contribution >= 4 is 5.91 Å². The Kier molecular flexibility index (Phi) is 66.3. The molecule has 3 saturated heterocycles. The second-order valence-electron chi connectivity index (χ2n) is 32.4. The summed E-state index contributed by atoms with van der Waals surface area (Å²) >= 11 is 0. The summed E-state index contributed by atoms with van der Waals surface area (Å²) in [5, 5.41) is 121.